The maximum Gasteiger partial charge on any atom is 0.262 e. The minimum absolute atomic E-state index is 0.258. The van der Waals surface area contributed by atoms with Crippen LogP contribution in [0.1, 0.15) is 31.1 Å². The van der Waals surface area contributed by atoms with Crippen molar-refractivity contribution in [1.82, 2.24) is 9.47 Å². The highest BCUT2D eigenvalue weighted by molar-refractivity contribution is 9.10. The zero-order chi connectivity index (χ0) is 23.4. The Hall–Kier alpha value is -3.16. The van der Waals surface area contributed by atoms with E-state index in [0.29, 0.717) is 33.6 Å². The topological polar surface area (TPSA) is 68.6 Å². The summed E-state index contributed by atoms with van der Waals surface area (Å²) >= 11 is 9.34. The molecule has 3 aromatic carbocycles. The van der Waals surface area contributed by atoms with Crippen LogP contribution in [-0.4, -0.2) is 47.1 Å². The average molecular weight is 526 g/mol. The van der Waals surface area contributed by atoms with Gasteiger partial charge in [0.05, 0.1) is 22.5 Å². The first kappa shape index (κ1) is 21.7. The zero-order valence-corrected chi connectivity index (χ0v) is 20.2. The fourth-order valence-corrected chi connectivity index (χ4v) is 4.96. The van der Waals surface area contributed by atoms with Crippen LogP contribution in [0.15, 0.2) is 46.9 Å². The first-order chi connectivity index (χ1) is 15.9. The highest BCUT2D eigenvalue weighted by Crippen LogP contribution is 2.44. The van der Waals surface area contributed by atoms with Gasteiger partial charge in [0.15, 0.2) is 0 Å². The minimum Gasteiger partial charge on any atom is -0.492 e. The van der Waals surface area contributed by atoms with Crippen LogP contribution in [0.3, 0.4) is 0 Å². The number of aryl methyl sites for hydroxylation is 1. The minimum atomic E-state index is -0.390. The van der Waals surface area contributed by atoms with E-state index < -0.39 is 5.91 Å². The molecule has 0 atom stereocenters. The molecule has 5 rings (SSSR count). The number of imide groups is 1. The standard InChI is InChI=1S/C25H18BrClN2O4/c1-28-18-5-4-14(26)10-17(18)21-19(28)11-16(22-23(21)25(32)29(2)24(22)31)15-9-13(12-30)3-6-20(15)33-8-7-27/h3-6,9-12H,7-8H2,1-2H3. The normalized spacial score (nSPS) is 13.3. The predicted molar refractivity (Wildman–Crippen MR) is 132 cm³/mol. The van der Waals surface area contributed by atoms with Crippen LogP contribution in [-0.2, 0) is 7.05 Å². The third-order valence-corrected chi connectivity index (χ3v) is 6.71. The first-order valence-corrected chi connectivity index (χ1v) is 11.6. The van der Waals surface area contributed by atoms with Gasteiger partial charge in [0.2, 0.25) is 0 Å². The molecule has 1 aliphatic heterocycles. The van der Waals surface area contributed by atoms with Gasteiger partial charge in [-0.25, -0.2) is 0 Å². The Morgan fingerprint density at radius 2 is 1.73 bits per heavy atom. The summed E-state index contributed by atoms with van der Waals surface area (Å²) in [7, 11) is 3.40. The van der Waals surface area contributed by atoms with Gasteiger partial charge in [0.1, 0.15) is 18.6 Å². The second kappa shape index (κ2) is 8.01. The number of aromatic nitrogens is 1. The monoisotopic (exact) mass is 524 g/mol. The first-order valence-electron chi connectivity index (χ1n) is 10.2. The maximum absolute atomic E-state index is 13.3. The fourth-order valence-electron chi connectivity index (χ4n) is 4.52. The molecule has 2 heterocycles. The molecule has 0 saturated carbocycles. The van der Waals surface area contributed by atoms with Crippen LogP contribution < -0.4 is 4.74 Å². The molecule has 2 amide bonds. The lowest BCUT2D eigenvalue weighted by Crippen LogP contribution is -2.24. The van der Waals surface area contributed by atoms with Crippen LogP contribution in [0.5, 0.6) is 5.75 Å². The summed E-state index contributed by atoms with van der Waals surface area (Å²) in [5.41, 5.74) is 3.93. The molecule has 1 aliphatic rings. The number of carbonyl (C=O) groups excluding carboxylic acids is 3. The molecule has 0 spiro atoms. The number of fused-ring (bicyclic) bond motifs is 5. The van der Waals surface area contributed by atoms with Gasteiger partial charge in [-0.15, -0.1) is 11.6 Å². The smallest absolute Gasteiger partial charge is 0.262 e. The number of benzene rings is 3. The molecule has 0 aliphatic carbocycles. The molecule has 1 aromatic heterocycles. The van der Waals surface area contributed by atoms with Crippen molar-refractivity contribution in [2.75, 3.05) is 19.5 Å². The van der Waals surface area contributed by atoms with Gasteiger partial charge in [0, 0.05) is 51.5 Å². The van der Waals surface area contributed by atoms with E-state index in [1.54, 1.807) is 18.2 Å². The zero-order valence-electron chi connectivity index (χ0n) is 17.8. The molecule has 0 unspecified atom stereocenters. The van der Waals surface area contributed by atoms with Gasteiger partial charge in [-0.2, -0.15) is 0 Å². The van der Waals surface area contributed by atoms with E-state index in [1.165, 1.54) is 7.05 Å². The molecular weight excluding hydrogens is 508 g/mol. The Morgan fingerprint density at radius 3 is 2.45 bits per heavy atom. The Labute approximate surface area is 202 Å². The highest BCUT2D eigenvalue weighted by Gasteiger charge is 2.39. The SMILES string of the molecule is CN1C(=O)c2c(-c3cc(C=O)ccc3OCCCl)cc3c(c2C1=O)c1cc(Br)ccc1n3C. The quantitative estimate of drug-likeness (QED) is 0.198. The Balaban J connectivity index is 1.95. The summed E-state index contributed by atoms with van der Waals surface area (Å²) in [5, 5.41) is 1.60. The van der Waals surface area contributed by atoms with Gasteiger partial charge < -0.3 is 9.30 Å². The maximum atomic E-state index is 13.3. The lowest BCUT2D eigenvalue weighted by Gasteiger charge is -2.15. The van der Waals surface area contributed by atoms with Crippen molar-refractivity contribution in [3.8, 4) is 16.9 Å². The molecule has 4 aromatic rings. The van der Waals surface area contributed by atoms with Crippen molar-refractivity contribution in [1.29, 1.82) is 0 Å². The van der Waals surface area contributed by atoms with Gasteiger partial charge >= 0.3 is 0 Å². The van der Waals surface area contributed by atoms with Crippen molar-refractivity contribution in [2.45, 2.75) is 0 Å². The number of hydrogen-bond acceptors (Lipinski definition) is 4. The van der Waals surface area contributed by atoms with Crippen molar-refractivity contribution in [3.05, 3.63) is 63.6 Å². The number of halogens is 2. The summed E-state index contributed by atoms with van der Waals surface area (Å²) in [4.78, 5) is 39.3. The Morgan fingerprint density at radius 1 is 0.970 bits per heavy atom. The molecule has 33 heavy (non-hydrogen) atoms. The van der Waals surface area contributed by atoms with Gasteiger partial charge in [0.25, 0.3) is 11.8 Å². The van der Waals surface area contributed by atoms with Crippen LogP contribution in [0, 0.1) is 0 Å². The van der Waals surface area contributed by atoms with Gasteiger partial charge in [-0.05, 0) is 42.5 Å². The summed E-state index contributed by atoms with van der Waals surface area (Å²) in [6.07, 6.45) is 0.737. The second-order valence-electron chi connectivity index (χ2n) is 7.87. The number of hydrogen-bond donors (Lipinski definition) is 0. The molecule has 8 heteroatoms. The summed E-state index contributed by atoms with van der Waals surface area (Å²) in [5.74, 6) is 0.0199. The van der Waals surface area contributed by atoms with Crippen LogP contribution in [0.2, 0.25) is 0 Å². The van der Waals surface area contributed by atoms with Crippen molar-refractivity contribution < 1.29 is 19.1 Å². The van der Waals surface area contributed by atoms with E-state index in [9.17, 15) is 14.4 Å². The molecule has 6 nitrogen and oxygen atoms in total. The average Bonchev–Trinajstić information content (AvgIpc) is 3.22. The van der Waals surface area contributed by atoms with E-state index in [0.717, 1.165) is 37.5 Å². The number of rotatable bonds is 5. The summed E-state index contributed by atoms with van der Waals surface area (Å²) < 4.78 is 8.71. The molecule has 0 radical (unpaired) electrons. The molecule has 0 fully saturated rings. The predicted octanol–water partition coefficient (Wildman–Crippen LogP) is 5.42. The van der Waals surface area contributed by atoms with Gasteiger partial charge in [-0.1, -0.05) is 15.9 Å². The number of alkyl halides is 1. The van der Waals surface area contributed by atoms with E-state index in [-0.39, 0.29) is 18.4 Å². The summed E-state index contributed by atoms with van der Waals surface area (Å²) in [6.45, 7) is 0.258. The number of nitrogens with zero attached hydrogens (tertiary/aromatic N) is 2. The van der Waals surface area contributed by atoms with E-state index in [2.05, 4.69) is 15.9 Å². The van der Waals surface area contributed by atoms with Gasteiger partial charge in [-0.3, -0.25) is 19.3 Å². The highest BCUT2D eigenvalue weighted by atomic mass is 79.9. The van der Waals surface area contributed by atoms with Crippen molar-refractivity contribution in [2.24, 2.45) is 7.05 Å². The van der Waals surface area contributed by atoms with Crippen LogP contribution >= 0.6 is 27.5 Å². The fraction of sp³-hybridized carbons (Fsp3) is 0.160. The van der Waals surface area contributed by atoms with Crippen molar-refractivity contribution in [3.63, 3.8) is 0 Å². The summed E-state index contributed by atoms with van der Waals surface area (Å²) in [6, 6.07) is 12.8. The van der Waals surface area contributed by atoms with Crippen molar-refractivity contribution >= 4 is 67.4 Å². The third kappa shape index (κ3) is 3.18. The lowest BCUT2D eigenvalue weighted by atomic mass is 9.91. The molecule has 166 valence electrons. The number of carbonyl (C=O) groups is 3. The van der Waals surface area contributed by atoms with Crippen LogP contribution in [0.25, 0.3) is 32.9 Å². The number of ether oxygens (including phenoxy) is 1. The third-order valence-electron chi connectivity index (χ3n) is 6.06. The second-order valence-corrected chi connectivity index (χ2v) is 9.16. The van der Waals surface area contributed by atoms with E-state index in [1.807, 2.05) is 35.9 Å². The largest absolute Gasteiger partial charge is 0.492 e. The molecular formula is C25H18BrClN2O4. The van der Waals surface area contributed by atoms with E-state index in [4.69, 9.17) is 16.3 Å². The van der Waals surface area contributed by atoms with Crippen LogP contribution in [0.4, 0.5) is 0 Å². The lowest BCUT2D eigenvalue weighted by molar-refractivity contribution is 0.0693. The number of aldehydes is 1. The Bertz CT molecular complexity index is 1510. The Kier molecular flexibility index (Phi) is 5.26. The van der Waals surface area contributed by atoms with E-state index >= 15 is 0 Å². The molecule has 0 N–H and O–H groups in total. The number of amides is 2. The molecule has 0 saturated heterocycles. The molecule has 0 bridgehead atoms.